The fourth-order valence-electron chi connectivity index (χ4n) is 2.43. The summed E-state index contributed by atoms with van der Waals surface area (Å²) >= 11 is 12.1. The standard InChI is InChI=1S/C17H16Cl2N2O3S/c1-12(22)21(11-13-2-3-14(18)10-17(13)19)15-4-6-16(7-5-15)25(23,24)20-8-9-20/h2-7,10H,8-9,11H2,1H3. The Morgan fingerprint density at radius 3 is 2.28 bits per heavy atom. The van der Waals surface area contributed by atoms with Gasteiger partial charge in [-0.05, 0) is 42.0 Å². The van der Waals surface area contributed by atoms with E-state index in [2.05, 4.69) is 0 Å². The molecule has 0 unspecified atom stereocenters. The summed E-state index contributed by atoms with van der Waals surface area (Å²) in [5.41, 5.74) is 1.35. The van der Waals surface area contributed by atoms with Gasteiger partial charge in [0.2, 0.25) is 15.9 Å². The number of halogens is 2. The third-order valence-electron chi connectivity index (χ3n) is 3.92. The van der Waals surface area contributed by atoms with Gasteiger partial charge in [0.05, 0.1) is 11.4 Å². The number of benzene rings is 2. The van der Waals surface area contributed by atoms with Crippen molar-refractivity contribution in [1.29, 1.82) is 0 Å². The highest BCUT2D eigenvalue weighted by Crippen LogP contribution is 2.27. The Hall–Kier alpha value is -1.60. The van der Waals surface area contributed by atoms with Gasteiger partial charge in [-0.1, -0.05) is 29.3 Å². The van der Waals surface area contributed by atoms with Gasteiger partial charge in [0.1, 0.15) is 0 Å². The lowest BCUT2D eigenvalue weighted by atomic mass is 10.2. The maximum absolute atomic E-state index is 12.2. The second-order valence-corrected chi connectivity index (χ2v) is 8.52. The van der Waals surface area contributed by atoms with Crippen molar-refractivity contribution >= 4 is 44.8 Å². The molecular weight excluding hydrogens is 383 g/mol. The van der Waals surface area contributed by atoms with E-state index in [4.69, 9.17) is 23.2 Å². The molecule has 2 aromatic rings. The Balaban J connectivity index is 1.87. The van der Waals surface area contributed by atoms with Gasteiger partial charge in [-0.15, -0.1) is 0 Å². The summed E-state index contributed by atoms with van der Waals surface area (Å²) in [5.74, 6) is -0.174. The first-order chi connectivity index (χ1) is 11.8. The maximum atomic E-state index is 12.2. The molecule has 1 saturated heterocycles. The topological polar surface area (TPSA) is 57.5 Å². The first-order valence-corrected chi connectivity index (χ1v) is 9.81. The quantitative estimate of drug-likeness (QED) is 0.723. The molecule has 0 aromatic heterocycles. The number of nitrogens with zero attached hydrogens (tertiary/aromatic N) is 2. The van der Waals surface area contributed by atoms with Gasteiger partial charge in [-0.2, -0.15) is 4.31 Å². The van der Waals surface area contributed by atoms with E-state index < -0.39 is 10.0 Å². The highest BCUT2D eigenvalue weighted by atomic mass is 35.5. The third kappa shape index (κ3) is 3.98. The first kappa shape index (κ1) is 18.2. The van der Waals surface area contributed by atoms with Crippen molar-refractivity contribution in [1.82, 2.24) is 4.31 Å². The van der Waals surface area contributed by atoms with Gasteiger partial charge >= 0.3 is 0 Å². The molecule has 1 fully saturated rings. The van der Waals surface area contributed by atoms with Crippen LogP contribution in [0.25, 0.3) is 0 Å². The minimum absolute atomic E-state index is 0.174. The van der Waals surface area contributed by atoms with Crippen molar-refractivity contribution in [2.75, 3.05) is 18.0 Å². The van der Waals surface area contributed by atoms with Crippen molar-refractivity contribution in [3.05, 3.63) is 58.1 Å². The van der Waals surface area contributed by atoms with Crippen LogP contribution in [0.15, 0.2) is 47.4 Å². The summed E-state index contributed by atoms with van der Waals surface area (Å²) < 4.78 is 25.8. The van der Waals surface area contributed by atoms with Gasteiger partial charge in [0.15, 0.2) is 0 Å². The zero-order chi connectivity index (χ0) is 18.2. The van der Waals surface area contributed by atoms with Crippen LogP contribution in [-0.4, -0.2) is 31.7 Å². The molecule has 1 aliphatic heterocycles. The lowest BCUT2D eigenvalue weighted by Gasteiger charge is -2.22. The lowest BCUT2D eigenvalue weighted by Crippen LogP contribution is -2.28. The van der Waals surface area contributed by atoms with Gasteiger partial charge in [-0.3, -0.25) is 4.79 Å². The molecule has 3 rings (SSSR count). The molecule has 0 spiro atoms. The molecule has 0 atom stereocenters. The van der Waals surface area contributed by atoms with E-state index >= 15 is 0 Å². The number of hydrogen-bond acceptors (Lipinski definition) is 3. The van der Waals surface area contributed by atoms with E-state index in [0.717, 1.165) is 5.56 Å². The number of rotatable bonds is 5. The Bertz CT molecular complexity index is 910. The zero-order valence-corrected chi connectivity index (χ0v) is 15.8. The molecule has 0 saturated carbocycles. The molecule has 1 aliphatic rings. The monoisotopic (exact) mass is 398 g/mol. The molecule has 8 heteroatoms. The van der Waals surface area contributed by atoms with E-state index in [1.165, 1.54) is 28.3 Å². The number of amides is 1. The van der Waals surface area contributed by atoms with Crippen LogP contribution < -0.4 is 4.90 Å². The average Bonchev–Trinajstić information content (AvgIpc) is 3.39. The first-order valence-electron chi connectivity index (χ1n) is 7.61. The van der Waals surface area contributed by atoms with Gasteiger partial charge in [-0.25, -0.2) is 8.42 Å². The molecule has 0 aliphatic carbocycles. The van der Waals surface area contributed by atoms with Crippen LogP contribution in [0.3, 0.4) is 0 Å². The fraction of sp³-hybridized carbons (Fsp3) is 0.235. The molecule has 0 bridgehead atoms. The number of carbonyl (C=O) groups excluding carboxylic acids is 1. The van der Waals surface area contributed by atoms with Crippen molar-refractivity contribution in [2.45, 2.75) is 18.4 Å². The van der Waals surface area contributed by atoms with Crippen LogP contribution in [0.1, 0.15) is 12.5 Å². The van der Waals surface area contributed by atoms with Crippen LogP contribution in [0.4, 0.5) is 5.69 Å². The molecular formula is C17H16Cl2N2O3S. The number of hydrogen-bond donors (Lipinski definition) is 0. The predicted octanol–water partition coefficient (Wildman–Crippen LogP) is 3.55. The van der Waals surface area contributed by atoms with Crippen LogP contribution >= 0.6 is 23.2 Å². The van der Waals surface area contributed by atoms with Crippen molar-refractivity contribution in [3.8, 4) is 0 Å². The SMILES string of the molecule is CC(=O)N(Cc1ccc(Cl)cc1Cl)c1ccc(S(=O)(=O)N2CC2)cc1. The van der Waals surface area contributed by atoms with E-state index in [-0.39, 0.29) is 17.3 Å². The summed E-state index contributed by atoms with van der Waals surface area (Å²) in [4.78, 5) is 13.8. The molecule has 2 aromatic carbocycles. The Morgan fingerprint density at radius 2 is 1.76 bits per heavy atom. The van der Waals surface area contributed by atoms with E-state index in [1.807, 2.05) is 0 Å². The van der Waals surface area contributed by atoms with Crippen molar-refractivity contribution < 1.29 is 13.2 Å². The Morgan fingerprint density at radius 1 is 1.12 bits per heavy atom. The summed E-state index contributed by atoms with van der Waals surface area (Å²) in [6, 6.07) is 11.4. The summed E-state index contributed by atoms with van der Waals surface area (Å²) in [7, 11) is -3.40. The van der Waals surface area contributed by atoms with Crippen molar-refractivity contribution in [3.63, 3.8) is 0 Å². The molecule has 132 valence electrons. The number of carbonyl (C=O) groups is 1. The highest BCUT2D eigenvalue weighted by Gasteiger charge is 2.33. The Kier molecular flexibility index (Phi) is 5.06. The third-order valence-corrected chi connectivity index (χ3v) is 6.42. The lowest BCUT2D eigenvalue weighted by molar-refractivity contribution is -0.116. The van der Waals surface area contributed by atoms with Gasteiger partial charge in [0.25, 0.3) is 0 Å². The minimum atomic E-state index is -3.40. The van der Waals surface area contributed by atoms with Crippen molar-refractivity contribution in [2.24, 2.45) is 0 Å². The van der Waals surface area contributed by atoms with Crippen LogP contribution in [0.2, 0.25) is 10.0 Å². The summed E-state index contributed by atoms with van der Waals surface area (Å²) in [5, 5.41) is 0.993. The predicted molar refractivity (Wildman–Crippen MR) is 98.5 cm³/mol. The van der Waals surface area contributed by atoms with E-state index in [1.54, 1.807) is 30.3 Å². The number of sulfonamides is 1. The smallest absolute Gasteiger partial charge is 0.243 e. The van der Waals surface area contributed by atoms with Crippen LogP contribution in [0.5, 0.6) is 0 Å². The summed E-state index contributed by atoms with van der Waals surface area (Å²) in [6.07, 6.45) is 0. The van der Waals surface area contributed by atoms with Gasteiger partial charge < -0.3 is 4.90 Å². The zero-order valence-electron chi connectivity index (χ0n) is 13.4. The minimum Gasteiger partial charge on any atom is -0.308 e. The number of anilines is 1. The van der Waals surface area contributed by atoms with Gasteiger partial charge in [0, 0.05) is 35.7 Å². The summed E-state index contributed by atoms with van der Waals surface area (Å²) in [6.45, 7) is 2.82. The molecule has 1 heterocycles. The fourth-order valence-corrected chi connectivity index (χ4v) is 4.24. The largest absolute Gasteiger partial charge is 0.308 e. The second-order valence-electron chi connectivity index (χ2n) is 5.74. The molecule has 1 amide bonds. The maximum Gasteiger partial charge on any atom is 0.243 e. The second kappa shape index (κ2) is 6.96. The molecule has 5 nitrogen and oxygen atoms in total. The highest BCUT2D eigenvalue weighted by molar-refractivity contribution is 7.89. The molecule has 25 heavy (non-hydrogen) atoms. The van der Waals surface area contributed by atoms with Crippen LogP contribution in [-0.2, 0) is 21.4 Å². The normalized spacial score (nSPS) is 14.4. The Labute approximate surface area is 156 Å². The molecule has 0 radical (unpaired) electrons. The van der Waals surface area contributed by atoms with E-state index in [9.17, 15) is 13.2 Å². The van der Waals surface area contributed by atoms with E-state index in [0.29, 0.717) is 28.8 Å². The average molecular weight is 399 g/mol. The molecule has 0 N–H and O–H groups in total. The van der Waals surface area contributed by atoms with Crippen LogP contribution in [0, 0.1) is 0 Å².